The van der Waals surface area contributed by atoms with Crippen LogP contribution in [0.2, 0.25) is 0 Å². The standard InChI is InChI=1S/C13H16F3NO/c14-11-4-2-1-3-10(11)12(18)7-17(8-13(15)16)9-5-6-9/h1-4,9,12-13,18H,5-8H2. The summed E-state index contributed by atoms with van der Waals surface area (Å²) in [5.74, 6) is -0.502. The maximum absolute atomic E-state index is 13.4. The van der Waals surface area contributed by atoms with Crippen LogP contribution in [0.1, 0.15) is 24.5 Å². The molecule has 0 saturated heterocycles. The highest BCUT2D eigenvalue weighted by Crippen LogP contribution is 2.29. The van der Waals surface area contributed by atoms with E-state index in [1.54, 1.807) is 11.0 Å². The van der Waals surface area contributed by atoms with Crippen LogP contribution in [0.3, 0.4) is 0 Å². The zero-order valence-electron chi connectivity index (χ0n) is 9.90. The van der Waals surface area contributed by atoms with E-state index in [1.807, 2.05) is 0 Å². The monoisotopic (exact) mass is 259 g/mol. The molecule has 0 radical (unpaired) electrons. The number of hydrogen-bond donors (Lipinski definition) is 1. The minimum absolute atomic E-state index is 0.0515. The van der Waals surface area contributed by atoms with Crippen molar-refractivity contribution in [3.8, 4) is 0 Å². The molecule has 1 saturated carbocycles. The van der Waals surface area contributed by atoms with Crippen molar-refractivity contribution in [1.29, 1.82) is 0 Å². The number of rotatable bonds is 6. The molecule has 100 valence electrons. The van der Waals surface area contributed by atoms with Gasteiger partial charge in [-0.1, -0.05) is 18.2 Å². The quantitative estimate of drug-likeness (QED) is 0.848. The van der Waals surface area contributed by atoms with Crippen LogP contribution in [0.4, 0.5) is 13.2 Å². The number of hydrogen-bond acceptors (Lipinski definition) is 2. The number of halogens is 3. The van der Waals surface area contributed by atoms with Gasteiger partial charge in [0.2, 0.25) is 0 Å². The first-order chi connectivity index (χ1) is 8.58. The van der Waals surface area contributed by atoms with Gasteiger partial charge in [0, 0.05) is 18.2 Å². The van der Waals surface area contributed by atoms with Crippen molar-refractivity contribution >= 4 is 0 Å². The van der Waals surface area contributed by atoms with Gasteiger partial charge >= 0.3 is 0 Å². The van der Waals surface area contributed by atoms with E-state index in [9.17, 15) is 18.3 Å². The fourth-order valence-electron chi connectivity index (χ4n) is 2.06. The molecule has 0 aliphatic heterocycles. The van der Waals surface area contributed by atoms with E-state index in [0.717, 1.165) is 12.8 Å². The van der Waals surface area contributed by atoms with E-state index in [1.165, 1.54) is 18.2 Å². The second-order valence-electron chi connectivity index (χ2n) is 4.61. The number of aliphatic hydroxyl groups excluding tert-OH is 1. The summed E-state index contributed by atoms with van der Waals surface area (Å²) in [5, 5.41) is 9.93. The number of benzene rings is 1. The Morgan fingerprint density at radius 2 is 1.89 bits per heavy atom. The van der Waals surface area contributed by atoms with E-state index in [-0.39, 0.29) is 24.7 Å². The molecule has 1 aliphatic carbocycles. The predicted octanol–water partition coefficient (Wildman–Crippen LogP) is 2.59. The largest absolute Gasteiger partial charge is 0.387 e. The van der Waals surface area contributed by atoms with Gasteiger partial charge in [0.1, 0.15) is 5.82 Å². The Hall–Kier alpha value is -1.07. The van der Waals surface area contributed by atoms with E-state index in [0.29, 0.717) is 0 Å². The first-order valence-corrected chi connectivity index (χ1v) is 6.02. The van der Waals surface area contributed by atoms with E-state index in [4.69, 9.17) is 0 Å². The van der Waals surface area contributed by atoms with Crippen LogP contribution in [0.25, 0.3) is 0 Å². The van der Waals surface area contributed by atoms with Gasteiger partial charge in [-0.15, -0.1) is 0 Å². The SMILES string of the molecule is OC(CN(CC(F)F)C1CC1)c1ccccc1F. The van der Waals surface area contributed by atoms with Gasteiger partial charge in [-0.3, -0.25) is 4.90 Å². The van der Waals surface area contributed by atoms with E-state index >= 15 is 0 Å². The lowest BCUT2D eigenvalue weighted by atomic mass is 10.1. The third kappa shape index (κ3) is 3.46. The Bertz CT molecular complexity index is 396. The van der Waals surface area contributed by atoms with Crippen molar-refractivity contribution < 1.29 is 18.3 Å². The molecular weight excluding hydrogens is 243 g/mol. The van der Waals surface area contributed by atoms with Gasteiger partial charge in [-0.25, -0.2) is 13.2 Å². The van der Waals surface area contributed by atoms with Crippen LogP contribution in [0, 0.1) is 5.82 Å². The van der Waals surface area contributed by atoms with Gasteiger partial charge in [-0.05, 0) is 18.9 Å². The maximum atomic E-state index is 13.4. The smallest absolute Gasteiger partial charge is 0.251 e. The first kappa shape index (κ1) is 13.4. The summed E-state index contributed by atoms with van der Waals surface area (Å²) >= 11 is 0. The topological polar surface area (TPSA) is 23.5 Å². The van der Waals surface area contributed by atoms with Crippen molar-refractivity contribution in [2.24, 2.45) is 0 Å². The average Bonchev–Trinajstić information content (AvgIpc) is 3.11. The van der Waals surface area contributed by atoms with Crippen LogP contribution in [0.5, 0.6) is 0 Å². The van der Waals surface area contributed by atoms with Crippen molar-refractivity contribution in [3.63, 3.8) is 0 Å². The molecule has 1 unspecified atom stereocenters. The van der Waals surface area contributed by atoms with Gasteiger partial charge in [0.05, 0.1) is 12.6 Å². The van der Waals surface area contributed by atoms with Crippen LogP contribution in [-0.2, 0) is 0 Å². The molecule has 1 aromatic carbocycles. The highest BCUT2D eigenvalue weighted by Gasteiger charge is 2.32. The van der Waals surface area contributed by atoms with Crippen molar-refractivity contribution in [3.05, 3.63) is 35.6 Å². The number of nitrogens with zero attached hydrogens (tertiary/aromatic N) is 1. The summed E-state index contributed by atoms with van der Waals surface area (Å²) in [6, 6.07) is 6.00. The Morgan fingerprint density at radius 1 is 1.22 bits per heavy atom. The molecule has 0 spiro atoms. The van der Waals surface area contributed by atoms with Crippen LogP contribution in [0.15, 0.2) is 24.3 Å². The van der Waals surface area contributed by atoms with Crippen LogP contribution < -0.4 is 0 Å². The Kier molecular flexibility index (Phi) is 4.24. The summed E-state index contributed by atoms with van der Waals surface area (Å²) in [4.78, 5) is 1.54. The maximum Gasteiger partial charge on any atom is 0.251 e. The molecule has 18 heavy (non-hydrogen) atoms. The number of aliphatic hydroxyl groups is 1. The predicted molar refractivity (Wildman–Crippen MR) is 62.0 cm³/mol. The third-order valence-electron chi connectivity index (χ3n) is 3.11. The van der Waals surface area contributed by atoms with Crippen LogP contribution in [-0.4, -0.2) is 35.6 Å². The molecular formula is C13H16F3NO. The molecule has 0 amide bonds. The highest BCUT2D eigenvalue weighted by molar-refractivity contribution is 5.20. The molecule has 1 N–H and O–H groups in total. The van der Waals surface area contributed by atoms with Crippen molar-refractivity contribution in [1.82, 2.24) is 4.90 Å². The zero-order valence-corrected chi connectivity index (χ0v) is 9.90. The molecule has 1 aromatic rings. The molecule has 2 nitrogen and oxygen atoms in total. The third-order valence-corrected chi connectivity index (χ3v) is 3.11. The van der Waals surface area contributed by atoms with E-state index in [2.05, 4.69) is 0 Å². The van der Waals surface area contributed by atoms with Gasteiger partial charge in [0.15, 0.2) is 0 Å². The Labute approximate surface area is 104 Å². The molecule has 1 fully saturated rings. The summed E-state index contributed by atoms with van der Waals surface area (Å²) in [5.41, 5.74) is 0.164. The molecule has 0 aromatic heterocycles. The Morgan fingerprint density at radius 3 is 2.44 bits per heavy atom. The molecule has 1 atom stereocenters. The first-order valence-electron chi connectivity index (χ1n) is 6.02. The van der Waals surface area contributed by atoms with Gasteiger partial charge in [-0.2, -0.15) is 0 Å². The minimum Gasteiger partial charge on any atom is -0.387 e. The lowest BCUT2D eigenvalue weighted by Crippen LogP contribution is -2.35. The Balaban J connectivity index is 2.00. The number of alkyl halides is 2. The summed E-state index contributed by atoms with van der Waals surface area (Å²) in [6.45, 7) is -0.313. The van der Waals surface area contributed by atoms with E-state index < -0.39 is 18.3 Å². The lowest BCUT2D eigenvalue weighted by Gasteiger charge is -2.24. The fourth-order valence-corrected chi connectivity index (χ4v) is 2.06. The minimum atomic E-state index is -2.43. The van der Waals surface area contributed by atoms with Crippen LogP contribution >= 0.6 is 0 Å². The second-order valence-corrected chi connectivity index (χ2v) is 4.61. The van der Waals surface area contributed by atoms with Crippen molar-refractivity contribution in [2.45, 2.75) is 31.4 Å². The average molecular weight is 259 g/mol. The molecule has 2 rings (SSSR count). The zero-order chi connectivity index (χ0) is 13.1. The molecule has 0 bridgehead atoms. The normalized spacial score (nSPS) is 17.4. The van der Waals surface area contributed by atoms with Crippen molar-refractivity contribution in [2.75, 3.05) is 13.1 Å². The molecule has 0 heterocycles. The molecule has 5 heteroatoms. The lowest BCUT2D eigenvalue weighted by molar-refractivity contribution is 0.0492. The van der Waals surface area contributed by atoms with Gasteiger partial charge < -0.3 is 5.11 Å². The fraction of sp³-hybridized carbons (Fsp3) is 0.538. The summed E-state index contributed by atoms with van der Waals surface area (Å²) < 4.78 is 38.3. The van der Waals surface area contributed by atoms with Gasteiger partial charge in [0.25, 0.3) is 6.43 Å². The summed E-state index contributed by atoms with van der Waals surface area (Å²) in [6.07, 6.45) is -1.75. The summed E-state index contributed by atoms with van der Waals surface area (Å²) in [7, 11) is 0. The second kappa shape index (κ2) is 5.71. The highest BCUT2D eigenvalue weighted by atomic mass is 19.3. The molecule has 1 aliphatic rings.